The van der Waals surface area contributed by atoms with E-state index in [1.807, 2.05) is 12.1 Å². The summed E-state index contributed by atoms with van der Waals surface area (Å²) < 4.78 is 73.8. The molecule has 0 aliphatic rings. The van der Waals surface area contributed by atoms with Crippen LogP contribution in [0.25, 0.3) is 0 Å². The zero-order valence-electron chi connectivity index (χ0n) is 34.1. The summed E-state index contributed by atoms with van der Waals surface area (Å²) in [5.74, 6) is -1.12. The molecule has 0 atom stereocenters. The lowest BCUT2D eigenvalue weighted by Gasteiger charge is -2.23. The van der Waals surface area contributed by atoms with E-state index in [1.54, 1.807) is 24.3 Å². The quantitative estimate of drug-likeness (QED) is 0.0402. The van der Waals surface area contributed by atoms with Crippen LogP contribution in [0.5, 0.6) is 11.8 Å². The van der Waals surface area contributed by atoms with Crippen molar-refractivity contribution in [3.05, 3.63) is 136 Å². The van der Waals surface area contributed by atoms with Crippen molar-refractivity contribution >= 4 is 37.3 Å². The highest BCUT2D eigenvalue weighted by molar-refractivity contribution is 7.99. The third kappa shape index (κ3) is 12.3. The minimum absolute atomic E-state index is 0.195. The smallest absolute Gasteiger partial charge is 0.415 e. The zero-order valence-corrected chi connectivity index (χ0v) is 36.6. The molecular formula is C42H47N5O11S3. The Hall–Kier alpha value is -5.92. The van der Waals surface area contributed by atoms with Crippen molar-refractivity contribution in [2.75, 3.05) is 32.1 Å². The average molecular weight is 894 g/mol. The van der Waals surface area contributed by atoms with Crippen molar-refractivity contribution in [1.82, 2.24) is 15.2 Å². The molecule has 3 aromatic carbocycles. The van der Waals surface area contributed by atoms with Crippen LogP contribution >= 0.6 is 11.8 Å². The molecule has 0 unspecified atom stereocenters. The summed E-state index contributed by atoms with van der Waals surface area (Å²) in [7, 11) is -8.84. The first-order valence-electron chi connectivity index (χ1n) is 19.2. The van der Waals surface area contributed by atoms with Gasteiger partial charge in [0, 0.05) is 10.6 Å². The first-order chi connectivity index (χ1) is 29.2. The fourth-order valence-corrected chi connectivity index (χ4v) is 9.48. The zero-order chi connectivity index (χ0) is 44.0. The highest BCUT2D eigenvalue weighted by Gasteiger charge is 2.37. The van der Waals surface area contributed by atoms with E-state index in [2.05, 4.69) is 65.5 Å². The molecule has 61 heavy (non-hydrogen) atoms. The monoisotopic (exact) mass is 893 g/mol. The first kappa shape index (κ1) is 46.2. The summed E-state index contributed by atoms with van der Waals surface area (Å²) in [4.78, 5) is 15.4. The van der Waals surface area contributed by atoms with E-state index in [4.69, 9.17) is 9.47 Å². The molecular weight excluding hydrogens is 847 g/mol. The number of allylic oxidation sites excluding steroid dienone is 5. The predicted molar refractivity (Wildman–Crippen MR) is 224 cm³/mol. The molecule has 0 spiro atoms. The van der Waals surface area contributed by atoms with Crippen molar-refractivity contribution in [3.63, 3.8) is 0 Å². The second kappa shape index (κ2) is 21.6. The number of thioether (sulfide) groups is 1. The van der Waals surface area contributed by atoms with Crippen LogP contribution in [0.3, 0.4) is 0 Å². The van der Waals surface area contributed by atoms with E-state index < -0.39 is 47.4 Å². The summed E-state index contributed by atoms with van der Waals surface area (Å²) in [5, 5.41) is 30.2. The molecule has 0 fully saturated rings. The molecule has 5 aromatic rings. The Labute approximate surface area is 359 Å². The number of nitrogens with zero attached hydrogens (tertiary/aromatic N) is 5. The number of aromatic nitrogens is 4. The van der Waals surface area contributed by atoms with Gasteiger partial charge in [0.15, 0.2) is 0 Å². The second-order valence-electron chi connectivity index (χ2n) is 14.0. The van der Waals surface area contributed by atoms with Crippen LogP contribution in [0.4, 0.5) is 0 Å². The molecule has 0 aliphatic carbocycles. The number of rotatable bonds is 22. The molecule has 0 saturated heterocycles. The fraction of sp³-hybridized carbons (Fsp3) is 0.310. The highest BCUT2D eigenvalue weighted by atomic mass is 32.2. The van der Waals surface area contributed by atoms with Gasteiger partial charge in [-0.15, -0.1) is 11.8 Å². The summed E-state index contributed by atoms with van der Waals surface area (Å²) in [6.45, 7) is 7.28. The fourth-order valence-electron chi connectivity index (χ4n) is 5.85. The van der Waals surface area contributed by atoms with E-state index in [0.717, 1.165) is 25.7 Å². The molecule has 2 heterocycles. The Morgan fingerprint density at radius 1 is 0.689 bits per heavy atom. The van der Waals surface area contributed by atoms with Gasteiger partial charge in [-0.25, -0.2) is 16.8 Å². The van der Waals surface area contributed by atoms with E-state index in [0.29, 0.717) is 16.2 Å². The van der Waals surface area contributed by atoms with Crippen LogP contribution in [0.2, 0.25) is 0 Å². The van der Waals surface area contributed by atoms with Gasteiger partial charge in [0.05, 0.1) is 38.8 Å². The molecule has 2 aromatic heterocycles. The number of sulfone groups is 2. The van der Waals surface area contributed by atoms with Gasteiger partial charge in [0.25, 0.3) is 25.6 Å². The van der Waals surface area contributed by atoms with E-state index in [9.17, 15) is 32.0 Å². The van der Waals surface area contributed by atoms with Gasteiger partial charge in [-0.1, -0.05) is 83.5 Å². The molecule has 0 N–H and O–H groups in total. The molecule has 5 rings (SSSR count). The normalized spacial score (nSPS) is 12.3. The van der Waals surface area contributed by atoms with Crippen LogP contribution in [0.15, 0.2) is 154 Å². The van der Waals surface area contributed by atoms with Crippen molar-refractivity contribution < 1.29 is 50.2 Å². The molecule has 0 bridgehead atoms. The van der Waals surface area contributed by atoms with E-state index >= 15 is 0 Å². The maximum atomic E-state index is 14.3. The number of ether oxygens (including phenoxy) is 2. The van der Waals surface area contributed by atoms with Crippen LogP contribution in [-0.2, 0) is 19.7 Å². The Bertz CT molecular complexity index is 2450. The van der Waals surface area contributed by atoms with E-state index in [-0.39, 0.29) is 45.9 Å². The lowest BCUT2D eigenvalue weighted by Crippen LogP contribution is -2.38. The first-order valence-corrected chi connectivity index (χ1v) is 23.2. The average Bonchev–Trinajstić information content (AvgIpc) is 3.82. The van der Waals surface area contributed by atoms with Crippen molar-refractivity contribution in [3.8, 4) is 11.8 Å². The number of benzene rings is 3. The largest absolute Gasteiger partial charge is 0.453 e. The van der Waals surface area contributed by atoms with Crippen molar-refractivity contribution in [2.24, 2.45) is 0 Å². The third-order valence-corrected chi connectivity index (χ3v) is 13.6. The summed E-state index contributed by atoms with van der Waals surface area (Å²) in [6.07, 6.45) is 10.5. The molecule has 0 saturated carbocycles. The number of carbonyl (C=O) groups excluding carboxylic acids is 1. The molecule has 0 radical (unpaired) electrons. The number of carbonyl (C=O) groups is 1. The van der Waals surface area contributed by atoms with Gasteiger partial charge in [-0.2, -0.15) is 0 Å². The van der Waals surface area contributed by atoms with Gasteiger partial charge in [-0.05, 0) is 99.6 Å². The van der Waals surface area contributed by atoms with Crippen LogP contribution in [0.1, 0.15) is 63.7 Å². The van der Waals surface area contributed by atoms with Crippen molar-refractivity contribution in [1.29, 1.82) is 0 Å². The molecule has 16 nitrogen and oxygen atoms in total. The molecule has 0 aliphatic heterocycles. The Morgan fingerprint density at radius 2 is 1.15 bits per heavy atom. The highest BCUT2D eigenvalue weighted by Crippen LogP contribution is 2.28. The van der Waals surface area contributed by atoms with Gasteiger partial charge >= 0.3 is 21.8 Å². The SMILES string of the molecule is CC(C)=CCC/C(C)=C/CC/C(C)=C/CSc1ccccc1C(=O)N(CCOc1no[n+]([O-])c1S(=O)(=O)c1ccccc1)CCOc1no[n+]([O-])c1S(=O)(=O)c1ccccc1. The van der Waals surface area contributed by atoms with Gasteiger partial charge in [0.2, 0.25) is 0 Å². The summed E-state index contributed by atoms with van der Waals surface area (Å²) >= 11 is 1.47. The van der Waals surface area contributed by atoms with Gasteiger partial charge in [0.1, 0.15) is 13.2 Å². The van der Waals surface area contributed by atoms with E-state index in [1.165, 1.54) is 81.9 Å². The standard InChI is InChI=1S/C42H47N5O11S3/c1-31(2)15-13-16-32(3)17-14-18-33(4)25-30-59-37-24-12-11-23-36(37)40(48)45(26-28-55-38-41(46(49)57-43-38)60(51,52)34-19-7-5-8-20-34)27-29-56-39-42(47(50)58-44-39)61(53,54)35-21-9-6-10-22-35/h5-12,15,17,19-25H,13-14,16,18,26-30H2,1-4H3/b32-17+,33-25+. The van der Waals surface area contributed by atoms with Crippen LogP contribution in [0, 0.1) is 10.4 Å². The minimum Gasteiger partial charge on any atom is -0.453 e. The van der Waals surface area contributed by atoms with Crippen molar-refractivity contribution in [2.45, 2.75) is 78.1 Å². The molecule has 1 amide bonds. The lowest BCUT2D eigenvalue weighted by molar-refractivity contribution is -0.832. The topological polar surface area (TPSA) is 213 Å². The number of amides is 1. The third-order valence-electron chi connectivity index (χ3n) is 9.11. The van der Waals surface area contributed by atoms with Gasteiger partial charge in [-0.3, -0.25) is 14.1 Å². The maximum Gasteiger partial charge on any atom is 0.415 e. The Kier molecular flexibility index (Phi) is 16.3. The minimum atomic E-state index is -4.42. The number of hydrogen-bond acceptors (Lipinski definition) is 14. The Balaban J connectivity index is 1.32. The van der Waals surface area contributed by atoms with Gasteiger partial charge < -0.3 is 24.8 Å². The summed E-state index contributed by atoms with van der Waals surface area (Å²) in [6, 6.07) is 21.3. The lowest BCUT2D eigenvalue weighted by atomic mass is 10.1. The second-order valence-corrected chi connectivity index (χ2v) is 18.8. The van der Waals surface area contributed by atoms with Crippen LogP contribution < -0.4 is 19.3 Å². The maximum absolute atomic E-state index is 14.3. The Morgan fingerprint density at radius 3 is 1.66 bits per heavy atom. The molecule has 324 valence electrons. The van der Waals surface area contributed by atoms with Crippen LogP contribution in [-0.4, -0.2) is 70.0 Å². The number of hydrogen-bond donors (Lipinski definition) is 0. The summed E-state index contributed by atoms with van der Waals surface area (Å²) in [5.41, 5.74) is 4.22. The predicted octanol–water partition coefficient (Wildman–Crippen LogP) is 6.71. The molecule has 19 heteroatoms.